The maximum atomic E-state index is 12.0. The monoisotopic (exact) mass is 390 g/mol. The van der Waals surface area contributed by atoms with E-state index >= 15 is 0 Å². The van der Waals surface area contributed by atoms with Crippen molar-refractivity contribution in [2.45, 2.75) is 13.8 Å². The van der Waals surface area contributed by atoms with Crippen LogP contribution in [0.15, 0.2) is 66.9 Å². The minimum Gasteiger partial charge on any atom is -0.484 e. The number of carbonyl (C=O) groups excluding carboxylic acids is 2. The van der Waals surface area contributed by atoms with Gasteiger partial charge in [0.05, 0.1) is 11.9 Å². The van der Waals surface area contributed by atoms with Crippen LogP contribution in [0.1, 0.15) is 12.5 Å². The average molecular weight is 390 g/mol. The van der Waals surface area contributed by atoms with E-state index in [4.69, 9.17) is 4.74 Å². The van der Waals surface area contributed by atoms with E-state index in [2.05, 4.69) is 20.9 Å². The van der Waals surface area contributed by atoms with Gasteiger partial charge in [-0.25, -0.2) is 4.98 Å². The van der Waals surface area contributed by atoms with Gasteiger partial charge >= 0.3 is 0 Å². The summed E-state index contributed by atoms with van der Waals surface area (Å²) in [5.41, 5.74) is 3.26. The third kappa shape index (κ3) is 6.35. The molecule has 3 aromatic rings. The lowest BCUT2D eigenvalue weighted by molar-refractivity contribution is -0.118. The number of hydrogen-bond acceptors (Lipinski definition) is 5. The third-order valence-electron chi connectivity index (χ3n) is 3.92. The Kier molecular flexibility index (Phi) is 6.42. The summed E-state index contributed by atoms with van der Waals surface area (Å²) in [5, 5.41) is 8.61. The summed E-state index contributed by atoms with van der Waals surface area (Å²) in [7, 11) is 0. The van der Waals surface area contributed by atoms with Crippen LogP contribution in [0.25, 0.3) is 0 Å². The maximum Gasteiger partial charge on any atom is 0.262 e. The van der Waals surface area contributed by atoms with Crippen LogP contribution < -0.4 is 20.7 Å². The fourth-order valence-electron chi connectivity index (χ4n) is 2.51. The molecular weight excluding hydrogens is 368 g/mol. The minimum absolute atomic E-state index is 0.0797. The van der Waals surface area contributed by atoms with E-state index in [0.717, 1.165) is 16.9 Å². The molecule has 0 atom stereocenters. The summed E-state index contributed by atoms with van der Waals surface area (Å²) in [6.07, 6.45) is 1.57. The zero-order chi connectivity index (χ0) is 20.6. The van der Waals surface area contributed by atoms with Crippen molar-refractivity contribution >= 4 is 34.7 Å². The quantitative estimate of drug-likeness (QED) is 0.565. The molecule has 0 spiro atoms. The zero-order valence-corrected chi connectivity index (χ0v) is 16.2. The fraction of sp³-hybridized carbons (Fsp3) is 0.136. The van der Waals surface area contributed by atoms with Crippen LogP contribution >= 0.6 is 0 Å². The number of ether oxygens (including phenoxy) is 1. The van der Waals surface area contributed by atoms with Crippen molar-refractivity contribution in [1.82, 2.24) is 4.98 Å². The summed E-state index contributed by atoms with van der Waals surface area (Å²) in [6, 6.07) is 18.3. The Balaban J connectivity index is 1.49. The summed E-state index contributed by atoms with van der Waals surface area (Å²) in [6.45, 7) is 3.37. The van der Waals surface area contributed by atoms with Crippen molar-refractivity contribution in [3.05, 3.63) is 72.4 Å². The van der Waals surface area contributed by atoms with Crippen molar-refractivity contribution < 1.29 is 14.3 Å². The lowest BCUT2D eigenvalue weighted by atomic mass is 10.2. The highest BCUT2D eigenvalue weighted by atomic mass is 16.5. The number of aryl methyl sites for hydroxylation is 1. The number of benzene rings is 2. The van der Waals surface area contributed by atoms with E-state index in [9.17, 15) is 9.59 Å². The fourth-order valence-corrected chi connectivity index (χ4v) is 2.51. The van der Waals surface area contributed by atoms with Crippen LogP contribution in [0.2, 0.25) is 0 Å². The number of nitrogens with one attached hydrogen (secondary N) is 3. The van der Waals surface area contributed by atoms with Gasteiger partial charge in [-0.15, -0.1) is 0 Å². The lowest BCUT2D eigenvalue weighted by Crippen LogP contribution is -2.20. The Morgan fingerprint density at radius 3 is 2.14 bits per heavy atom. The Labute approximate surface area is 169 Å². The Morgan fingerprint density at radius 2 is 1.52 bits per heavy atom. The number of amides is 2. The van der Waals surface area contributed by atoms with Gasteiger partial charge in [-0.3, -0.25) is 9.59 Å². The Bertz CT molecular complexity index is 968. The first-order chi connectivity index (χ1) is 14.0. The number of hydrogen-bond donors (Lipinski definition) is 3. The molecule has 148 valence electrons. The molecule has 0 radical (unpaired) electrons. The maximum absolute atomic E-state index is 12.0. The van der Waals surface area contributed by atoms with Crippen molar-refractivity contribution in [2.75, 3.05) is 22.6 Å². The van der Waals surface area contributed by atoms with Gasteiger partial charge in [0.25, 0.3) is 5.91 Å². The predicted octanol–water partition coefficient (Wildman–Crippen LogP) is 4.11. The van der Waals surface area contributed by atoms with Crippen molar-refractivity contribution in [2.24, 2.45) is 0 Å². The van der Waals surface area contributed by atoms with E-state index in [1.54, 1.807) is 30.5 Å². The Morgan fingerprint density at radius 1 is 0.862 bits per heavy atom. The highest BCUT2D eigenvalue weighted by Crippen LogP contribution is 2.19. The number of carbonyl (C=O) groups is 2. The van der Waals surface area contributed by atoms with E-state index in [1.807, 2.05) is 43.3 Å². The number of pyridine rings is 1. The molecule has 2 aromatic carbocycles. The van der Waals surface area contributed by atoms with Crippen LogP contribution in [0.5, 0.6) is 5.75 Å². The number of rotatable bonds is 7. The second kappa shape index (κ2) is 9.36. The van der Waals surface area contributed by atoms with Crippen LogP contribution in [0.4, 0.5) is 22.9 Å². The standard InChI is InChI=1S/C22H22N4O3/c1-15-3-10-20(11-4-15)29-14-22(28)26-19-9-12-21(23-13-19)25-18-7-5-17(6-8-18)24-16(2)27/h3-13H,14H2,1-2H3,(H,23,25)(H,24,27)(H,26,28). The smallest absolute Gasteiger partial charge is 0.262 e. The highest BCUT2D eigenvalue weighted by molar-refractivity contribution is 5.92. The molecule has 7 heteroatoms. The van der Waals surface area contributed by atoms with Crippen molar-refractivity contribution in [3.63, 3.8) is 0 Å². The van der Waals surface area contributed by atoms with Gasteiger partial charge in [0.15, 0.2) is 6.61 Å². The molecule has 29 heavy (non-hydrogen) atoms. The number of aromatic nitrogens is 1. The minimum atomic E-state index is -0.262. The zero-order valence-electron chi connectivity index (χ0n) is 16.2. The van der Waals surface area contributed by atoms with Crippen LogP contribution in [0.3, 0.4) is 0 Å². The topological polar surface area (TPSA) is 92.4 Å². The van der Waals surface area contributed by atoms with Gasteiger partial charge in [-0.05, 0) is 55.5 Å². The van der Waals surface area contributed by atoms with E-state index in [-0.39, 0.29) is 18.4 Å². The van der Waals surface area contributed by atoms with Crippen LogP contribution in [-0.4, -0.2) is 23.4 Å². The molecule has 2 amide bonds. The average Bonchev–Trinajstić information content (AvgIpc) is 2.70. The SMILES string of the molecule is CC(=O)Nc1ccc(Nc2ccc(NC(=O)COc3ccc(C)cc3)cn2)cc1. The molecule has 7 nitrogen and oxygen atoms in total. The van der Waals surface area contributed by atoms with Crippen LogP contribution in [0, 0.1) is 6.92 Å². The highest BCUT2D eigenvalue weighted by Gasteiger charge is 2.05. The summed E-state index contributed by atoms with van der Waals surface area (Å²) in [5.74, 6) is 0.898. The van der Waals surface area contributed by atoms with Gasteiger partial charge in [0.1, 0.15) is 11.6 Å². The molecule has 1 aromatic heterocycles. The van der Waals surface area contributed by atoms with E-state index < -0.39 is 0 Å². The van der Waals surface area contributed by atoms with E-state index in [0.29, 0.717) is 17.3 Å². The summed E-state index contributed by atoms with van der Waals surface area (Å²) >= 11 is 0. The van der Waals surface area contributed by atoms with Crippen molar-refractivity contribution in [3.8, 4) is 5.75 Å². The van der Waals surface area contributed by atoms with Gasteiger partial charge in [0, 0.05) is 18.3 Å². The van der Waals surface area contributed by atoms with Gasteiger partial charge in [-0.1, -0.05) is 17.7 Å². The third-order valence-corrected chi connectivity index (χ3v) is 3.92. The second-order valence-corrected chi connectivity index (χ2v) is 6.47. The molecule has 0 fully saturated rings. The first kappa shape index (κ1) is 19.9. The molecule has 0 aliphatic carbocycles. The van der Waals surface area contributed by atoms with Gasteiger partial charge in [0.2, 0.25) is 5.91 Å². The molecule has 0 aliphatic heterocycles. The largest absolute Gasteiger partial charge is 0.484 e. The van der Waals surface area contributed by atoms with Gasteiger partial charge < -0.3 is 20.7 Å². The molecule has 0 saturated carbocycles. The first-order valence-corrected chi connectivity index (χ1v) is 9.08. The van der Waals surface area contributed by atoms with Gasteiger partial charge in [-0.2, -0.15) is 0 Å². The molecule has 3 N–H and O–H groups in total. The number of anilines is 4. The summed E-state index contributed by atoms with van der Waals surface area (Å²) < 4.78 is 5.46. The molecule has 0 unspecified atom stereocenters. The molecule has 0 saturated heterocycles. The molecule has 0 aliphatic rings. The van der Waals surface area contributed by atoms with E-state index in [1.165, 1.54) is 6.92 Å². The van der Waals surface area contributed by atoms with Crippen LogP contribution in [-0.2, 0) is 9.59 Å². The number of nitrogens with zero attached hydrogens (tertiary/aromatic N) is 1. The lowest BCUT2D eigenvalue weighted by Gasteiger charge is -2.09. The predicted molar refractivity (Wildman–Crippen MR) is 114 cm³/mol. The molecule has 3 rings (SSSR count). The first-order valence-electron chi connectivity index (χ1n) is 9.08. The molecule has 0 bridgehead atoms. The molecule has 1 heterocycles. The molecular formula is C22H22N4O3. The van der Waals surface area contributed by atoms with Crippen molar-refractivity contribution in [1.29, 1.82) is 0 Å². The summed E-state index contributed by atoms with van der Waals surface area (Å²) in [4.78, 5) is 27.4. The second-order valence-electron chi connectivity index (χ2n) is 6.47. The Hall–Kier alpha value is -3.87. The normalized spacial score (nSPS) is 10.1.